The van der Waals surface area contributed by atoms with Crippen molar-refractivity contribution in [1.29, 1.82) is 0 Å². The third-order valence-corrected chi connectivity index (χ3v) is 4.56. The molecule has 0 saturated carbocycles. The second-order valence-corrected chi connectivity index (χ2v) is 6.31. The van der Waals surface area contributed by atoms with Gasteiger partial charge in [-0.3, -0.25) is 4.79 Å². The molecule has 0 radical (unpaired) electrons. The molecule has 21 heavy (non-hydrogen) atoms. The Morgan fingerprint density at radius 2 is 2.05 bits per heavy atom. The number of aryl methyl sites for hydroxylation is 1. The van der Waals surface area contributed by atoms with Gasteiger partial charge in [-0.25, -0.2) is 4.68 Å². The predicted octanol–water partition coefficient (Wildman–Crippen LogP) is 1.30. The smallest absolute Gasteiger partial charge is 0.230 e. The lowest BCUT2D eigenvalue weighted by atomic mass is 10.4. The number of amides is 1. The zero-order chi connectivity index (χ0) is 15.1. The van der Waals surface area contributed by atoms with E-state index in [0.717, 1.165) is 5.75 Å². The number of thioether (sulfide) groups is 2. The van der Waals surface area contributed by atoms with Gasteiger partial charge in [-0.2, -0.15) is 0 Å². The molecule has 3 N–H and O–H groups in total. The predicted molar refractivity (Wildman–Crippen MR) is 85.8 cm³/mol. The molecule has 8 heteroatoms. The van der Waals surface area contributed by atoms with Crippen LogP contribution in [0.3, 0.4) is 0 Å². The molecule has 1 aromatic heterocycles. The summed E-state index contributed by atoms with van der Waals surface area (Å²) in [6.07, 6.45) is 0. The Balaban J connectivity index is 1.63. The van der Waals surface area contributed by atoms with Gasteiger partial charge in [0.25, 0.3) is 0 Å². The highest BCUT2D eigenvalue weighted by molar-refractivity contribution is 7.99. The summed E-state index contributed by atoms with van der Waals surface area (Å²) in [4.78, 5) is 12.9. The third-order valence-electron chi connectivity index (χ3n) is 2.60. The highest BCUT2D eigenvalue weighted by Gasteiger charge is 2.09. The average molecular weight is 323 g/mol. The summed E-state index contributed by atoms with van der Waals surface area (Å²) in [5, 5.41) is 11.1. The maximum atomic E-state index is 11.7. The van der Waals surface area contributed by atoms with E-state index >= 15 is 0 Å². The highest BCUT2D eigenvalue weighted by atomic mass is 32.2. The normalized spacial score (nSPS) is 10.5. The van der Waals surface area contributed by atoms with Gasteiger partial charge in [0.05, 0.1) is 5.75 Å². The van der Waals surface area contributed by atoms with E-state index in [1.165, 1.54) is 21.3 Å². The van der Waals surface area contributed by atoms with Gasteiger partial charge in [0, 0.05) is 17.2 Å². The van der Waals surface area contributed by atoms with Crippen LogP contribution in [0.5, 0.6) is 0 Å². The fourth-order valence-electron chi connectivity index (χ4n) is 1.51. The molecule has 0 aliphatic heterocycles. The van der Waals surface area contributed by atoms with Crippen molar-refractivity contribution in [2.75, 3.05) is 23.9 Å². The van der Waals surface area contributed by atoms with Gasteiger partial charge in [-0.05, 0) is 19.1 Å². The Morgan fingerprint density at radius 1 is 1.29 bits per heavy atom. The Morgan fingerprint density at radius 3 is 2.71 bits per heavy atom. The topological polar surface area (TPSA) is 85.8 Å². The number of carbonyl (C=O) groups is 1. The van der Waals surface area contributed by atoms with Crippen molar-refractivity contribution < 1.29 is 4.79 Å². The van der Waals surface area contributed by atoms with E-state index in [-0.39, 0.29) is 11.7 Å². The highest BCUT2D eigenvalue weighted by Crippen LogP contribution is 2.16. The van der Waals surface area contributed by atoms with Crippen molar-refractivity contribution in [3.05, 3.63) is 36.2 Å². The average Bonchev–Trinajstić information content (AvgIpc) is 2.82. The SMILES string of the molecule is Cc1nnc(SCC(=O)NCCSc2ccccc2)n1N. The minimum absolute atomic E-state index is 0.0330. The molecule has 0 unspecified atom stereocenters. The molecule has 0 atom stereocenters. The van der Waals surface area contributed by atoms with E-state index < -0.39 is 0 Å². The lowest BCUT2D eigenvalue weighted by Gasteiger charge is -2.05. The summed E-state index contributed by atoms with van der Waals surface area (Å²) in [7, 11) is 0. The fourth-order valence-corrected chi connectivity index (χ4v) is 3.03. The van der Waals surface area contributed by atoms with Gasteiger partial charge in [0.1, 0.15) is 5.82 Å². The van der Waals surface area contributed by atoms with Crippen molar-refractivity contribution in [2.24, 2.45) is 0 Å². The van der Waals surface area contributed by atoms with Crippen LogP contribution in [0.15, 0.2) is 40.4 Å². The lowest BCUT2D eigenvalue weighted by molar-refractivity contribution is -0.118. The number of hydrogen-bond acceptors (Lipinski definition) is 6. The molecule has 1 amide bonds. The summed E-state index contributed by atoms with van der Waals surface area (Å²) < 4.78 is 1.38. The molecule has 2 rings (SSSR count). The summed E-state index contributed by atoms with van der Waals surface area (Å²) in [6.45, 7) is 2.39. The standard InChI is InChI=1S/C13H17N5OS2/c1-10-16-17-13(18(10)14)21-9-12(19)15-7-8-20-11-5-3-2-4-6-11/h2-6H,7-9,14H2,1H3,(H,15,19). The number of nitrogens with two attached hydrogens (primary N) is 1. The van der Waals surface area contributed by atoms with Crippen molar-refractivity contribution in [3.63, 3.8) is 0 Å². The molecule has 6 nitrogen and oxygen atoms in total. The van der Waals surface area contributed by atoms with Crippen LogP contribution in [0.2, 0.25) is 0 Å². The first-order valence-electron chi connectivity index (χ1n) is 6.41. The number of benzene rings is 1. The van der Waals surface area contributed by atoms with E-state index in [0.29, 0.717) is 17.5 Å². The molecule has 112 valence electrons. The van der Waals surface area contributed by atoms with Gasteiger partial charge in [-0.15, -0.1) is 22.0 Å². The van der Waals surface area contributed by atoms with Crippen LogP contribution in [-0.4, -0.2) is 38.8 Å². The molecule has 0 aliphatic rings. The van der Waals surface area contributed by atoms with Crippen LogP contribution in [0.4, 0.5) is 0 Å². The monoisotopic (exact) mass is 323 g/mol. The molecule has 0 spiro atoms. The molecule has 0 saturated heterocycles. The molecule has 0 fully saturated rings. The van der Waals surface area contributed by atoms with Crippen LogP contribution < -0.4 is 11.2 Å². The minimum Gasteiger partial charge on any atom is -0.355 e. The van der Waals surface area contributed by atoms with E-state index in [1.54, 1.807) is 18.7 Å². The van der Waals surface area contributed by atoms with E-state index in [2.05, 4.69) is 27.6 Å². The summed E-state index contributed by atoms with van der Waals surface area (Å²) in [6, 6.07) is 10.1. The maximum absolute atomic E-state index is 11.7. The fraction of sp³-hybridized carbons (Fsp3) is 0.308. The van der Waals surface area contributed by atoms with Crippen LogP contribution in [0.1, 0.15) is 5.82 Å². The Bertz CT molecular complexity index is 588. The zero-order valence-electron chi connectivity index (χ0n) is 11.7. The van der Waals surface area contributed by atoms with Crippen molar-refractivity contribution in [1.82, 2.24) is 20.2 Å². The number of rotatable bonds is 7. The number of nitrogen functional groups attached to an aromatic ring is 1. The first kappa shape index (κ1) is 15.7. The quantitative estimate of drug-likeness (QED) is 0.454. The number of nitrogens with zero attached hydrogens (tertiary/aromatic N) is 3. The number of nitrogens with one attached hydrogen (secondary N) is 1. The summed E-state index contributed by atoms with van der Waals surface area (Å²) >= 11 is 2.99. The number of carbonyl (C=O) groups excluding carboxylic acids is 1. The molecule has 2 aromatic rings. The first-order valence-corrected chi connectivity index (χ1v) is 8.38. The number of aromatic nitrogens is 3. The van der Waals surface area contributed by atoms with Crippen LogP contribution in [0.25, 0.3) is 0 Å². The largest absolute Gasteiger partial charge is 0.355 e. The van der Waals surface area contributed by atoms with E-state index in [9.17, 15) is 4.79 Å². The maximum Gasteiger partial charge on any atom is 0.230 e. The molecular formula is C13H17N5OS2. The Labute approximate surface area is 131 Å². The lowest BCUT2D eigenvalue weighted by Crippen LogP contribution is -2.27. The van der Waals surface area contributed by atoms with E-state index in [4.69, 9.17) is 5.84 Å². The van der Waals surface area contributed by atoms with Crippen LogP contribution in [-0.2, 0) is 4.79 Å². The first-order chi connectivity index (χ1) is 10.2. The van der Waals surface area contributed by atoms with Gasteiger partial charge < -0.3 is 11.2 Å². The van der Waals surface area contributed by atoms with Crippen molar-refractivity contribution in [3.8, 4) is 0 Å². The molecule has 0 aliphatic carbocycles. The van der Waals surface area contributed by atoms with Crippen LogP contribution >= 0.6 is 23.5 Å². The molecular weight excluding hydrogens is 306 g/mol. The second-order valence-electron chi connectivity index (χ2n) is 4.20. The molecule has 1 heterocycles. The van der Waals surface area contributed by atoms with E-state index in [1.807, 2.05) is 18.2 Å². The Kier molecular flexibility index (Phi) is 5.94. The second kappa shape index (κ2) is 7.94. The number of hydrogen-bond donors (Lipinski definition) is 2. The molecule has 1 aromatic carbocycles. The zero-order valence-corrected chi connectivity index (χ0v) is 13.3. The van der Waals surface area contributed by atoms with Crippen LogP contribution in [0, 0.1) is 6.92 Å². The van der Waals surface area contributed by atoms with Gasteiger partial charge in [0.15, 0.2) is 0 Å². The van der Waals surface area contributed by atoms with Gasteiger partial charge in [-0.1, -0.05) is 30.0 Å². The third kappa shape index (κ3) is 4.98. The van der Waals surface area contributed by atoms with Gasteiger partial charge >= 0.3 is 0 Å². The van der Waals surface area contributed by atoms with Crippen molar-refractivity contribution >= 4 is 29.4 Å². The summed E-state index contributed by atoms with van der Waals surface area (Å²) in [5.41, 5.74) is 0. The minimum atomic E-state index is -0.0330. The van der Waals surface area contributed by atoms with Gasteiger partial charge in [0.2, 0.25) is 11.1 Å². The molecule has 0 bridgehead atoms. The Hall–Kier alpha value is -1.67. The summed E-state index contributed by atoms with van der Waals surface area (Å²) in [5.74, 6) is 7.42. The van der Waals surface area contributed by atoms with Crippen molar-refractivity contribution in [2.45, 2.75) is 17.0 Å².